The largest absolute Gasteiger partial charge is 0.347 e. The second kappa shape index (κ2) is 7.23. The number of halogens is 1. The van der Waals surface area contributed by atoms with Crippen LogP contribution in [0.5, 0.6) is 0 Å². The van der Waals surface area contributed by atoms with E-state index in [1.165, 1.54) is 49.5 Å². The Morgan fingerprint density at radius 2 is 1.95 bits per heavy atom. The Morgan fingerprint density at radius 3 is 2.82 bits per heavy atom. The van der Waals surface area contributed by atoms with Crippen molar-refractivity contribution in [2.45, 2.75) is 51.1 Å². The lowest BCUT2D eigenvalue weighted by atomic mass is 9.78. The van der Waals surface area contributed by atoms with E-state index in [0.717, 1.165) is 12.5 Å². The van der Waals surface area contributed by atoms with Crippen molar-refractivity contribution in [2.24, 2.45) is 5.92 Å². The molecule has 1 aliphatic heterocycles. The predicted molar refractivity (Wildman–Crippen MR) is 83.9 cm³/mol. The second-order valence-corrected chi connectivity index (χ2v) is 6.75. The number of nitrogens with one attached hydrogen (secondary N) is 2. The van der Waals surface area contributed by atoms with Crippen LogP contribution in [-0.4, -0.2) is 25.0 Å². The van der Waals surface area contributed by atoms with Crippen molar-refractivity contribution < 1.29 is 14.1 Å². The van der Waals surface area contributed by atoms with Gasteiger partial charge in [0.2, 0.25) is 0 Å². The van der Waals surface area contributed by atoms with Gasteiger partial charge in [0.05, 0.1) is 12.6 Å². The molecule has 22 heavy (non-hydrogen) atoms. The summed E-state index contributed by atoms with van der Waals surface area (Å²) in [6, 6.07) is 7.29. The van der Waals surface area contributed by atoms with Crippen LogP contribution in [0.15, 0.2) is 24.3 Å². The maximum Gasteiger partial charge on any atom is 0.275 e. The molecular formula is C18H26FN2O+. The molecule has 1 amide bonds. The zero-order valence-electron chi connectivity index (χ0n) is 13.1. The molecule has 3 rings (SSSR count). The topological polar surface area (TPSA) is 33.5 Å². The summed E-state index contributed by atoms with van der Waals surface area (Å²) in [4.78, 5) is 13.7. The van der Waals surface area contributed by atoms with Gasteiger partial charge in [-0.3, -0.25) is 4.79 Å². The third kappa shape index (κ3) is 3.67. The Balaban J connectivity index is 1.51. The van der Waals surface area contributed by atoms with Gasteiger partial charge in [-0.1, -0.05) is 24.6 Å². The number of carbonyl (C=O) groups is 1. The zero-order valence-corrected chi connectivity index (χ0v) is 13.1. The molecule has 1 unspecified atom stereocenters. The first kappa shape index (κ1) is 15.5. The van der Waals surface area contributed by atoms with Crippen LogP contribution in [0.25, 0.3) is 0 Å². The van der Waals surface area contributed by atoms with Gasteiger partial charge >= 0.3 is 0 Å². The average molecular weight is 305 g/mol. The number of benzene rings is 1. The molecule has 0 aromatic heterocycles. The normalized spacial score (nSPS) is 28.0. The highest BCUT2D eigenvalue weighted by molar-refractivity contribution is 5.76. The number of amides is 1. The van der Waals surface area contributed by atoms with E-state index in [1.807, 2.05) is 0 Å². The molecule has 2 aliphatic rings. The molecule has 3 atom stereocenters. The van der Waals surface area contributed by atoms with Crippen LogP contribution in [0.1, 0.15) is 44.1 Å². The van der Waals surface area contributed by atoms with E-state index in [1.54, 1.807) is 18.2 Å². The highest BCUT2D eigenvalue weighted by atomic mass is 19.1. The first-order valence-electron chi connectivity index (χ1n) is 8.58. The second-order valence-electron chi connectivity index (χ2n) is 6.75. The number of fused-ring (bicyclic) bond motifs is 1. The number of quaternary nitrogens is 1. The molecule has 1 aliphatic carbocycles. The number of rotatable bonds is 4. The number of carbonyl (C=O) groups excluding carboxylic acids is 1. The number of hydrogen-bond donors (Lipinski definition) is 2. The Morgan fingerprint density at radius 1 is 1.18 bits per heavy atom. The van der Waals surface area contributed by atoms with Gasteiger partial charge in [0.25, 0.3) is 5.91 Å². The molecule has 120 valence electrons. The molecule has 4 heteroatoms. The third-order valence-electron chi connectivity index (χ3n) is 5.33. The first-order valence-corrected chi connectivity index (χ1v) is 8.58. The lowest BCUT2D eigenvalue weighted by Crippen LogP contribution is -3.18. The molecule has 2 fully saturated rings. The minimum absolute atomic E-state index is 0.0458. The molecule has 1 aromatic rings. The van der Waals surface area contributed by atoms with E-state index in [2.05, 4.69) is 5.32 Å². The maximum absolute atomic E-state index is 13.6. The fraction of sp³-hybridized carbons (Fsp3) is 0.611. The van der Waals surface area contributed by atoms with E-state index < -0.39 is 0 Å². The summed E-state index contributed by atoms with van der Waals surface area (Å²) >= 11 is 0. The molecule has 1 saturated heterocycles. The molecule has 0 radical (unpaired) electrons. The Labute approximate surface area is 131 Å². The van der Waals surface area contributed by atoms with Crippen LogP contribution in [0.3, 0.4) is 0 Å². The minimum Gasteiger partial charge on any atom is -0.347 e. The first-order chi connectivity index (χ1) is 10.7. The smallest absolute Gasteiger partial charge is 0.275 e. The summed E-state index contributed by atoms with van der Waals surface area (Å²) in [6.45, 7) is 1.93. The van der Waals surface area contributed by atoms with Gasteiger partial charge in [0.1, 0.15) is 5.82 Å². The van der Waals surface area contributed by atoms with E-state index in [4.69, 9.17) is 0 Å². The molecule has 1 saturated carbocycles. The maximum atomic E-state index is 13.6. The molecule has 3 nitrogen and oxygen atoms in total. The van der Waals surface area contributed by atoms with Gasteiger partial charge in [-0.05, 0) is 38.2 Å². The third-order valence-corrected chi connectivity index (χ3v) is 5.33. The highest BCUT2D eigenvalue weighted by Gasteiger charge is 2.37. The fourth-order valence-electron chi connectivity index (χ4n) is 4.19. The van der Waals surface area contributed by atoms with Crippen molar-refractivity contribution in [3.63, 3.8) is 0 Å². The molecule has 0 spiro atoms. The lowest BCUT2D eigenvalue weighted by Gasteiger charge is -2.40. The van der Waals surface area contributed by atoms with Crippen molar-refractivity contribution in [3.8, 4) is 0 Å². The van der Waals surface area contributed by atoms with Gasteiger partial charge in [0.15, 0.2) is 6.54 Å². The summed E-state index contributed by atoms with van der Waals surface area (Å²) < 4.78 is 13.6. The van der Waals surface area contributed by atoms with Crippen LogP contribution in [-0.2, 0) is 11.3 Å². The van der Waals surface area contributed by atoms with E-state index in [0.29, 0.717) is 18.2 Å². The van der Waals surface area contributed by atoms with Crippen molar-refractivity contribution in [2.75, 3.05) is 13.1 Å². The average Bonchev–Trinajstić information content (AvgIpc) is 2.54. The van der Waals surface area contributed by atoms with Crippen molar-refractivity contribution >= 4 is 5.91 Å². The van der Waals surface area contributed by atoms with Crippen LogP contribution < -0.4 is 10.2 Å². The van der Waals surface area contributed by atoms with Crippen molar-refractivity contribution in [1.29, 1.82) is 0 Å². The van der Waals surface area contributed by atoms with E-state index in [-0.39, 0.29) is 18.3 Å². The van der Waals surface area contributed by atoms with Crippen molar-refractivity contribution in [1.82, 2.24) is 5.32 Å². The van der Waals surface area contributed by atoms with Gasteiger partial charge in [-0.2, -0.15) is 0 Å². The molecule has 1 aromatic carbocycles. The minimum atomic E-state index is -0.250. The Bertz CT molecular complexity index is 518. The van der Waals surface area contributed by atoms with Gasteiger partial charge in [0, 0.05) is 18.0 Å². The molecule has 1 heterocycles. The molecule has 0 bridgehead atoms. The highest BCUT2D eigenvalue weighted by Crippen LogP contribution is 2.28. The fourth-order valence-corrected chi connectivity index (χ4v) is 4.19. The Kier molecular flexibility index (Phi) is 5.08. The van der Waals surface area contributed by atoms with E-state index in [9.17, 15) is 9.18 Å². The van der Waals surface area contributed by atoms with Crippen molar-refractivity contribution in [3.05, 3.63) is 35.6 Å². The Hall–Kier alpha value is -1.42. The van der Waals surface area contributed by atoms with Crippen LogP contribution in [0.2, 0.25) is 0 Å². The summed E-state index contributed by atoms with van der Waals surface area (Å²) in [6.07, 6.45) is 7.84. The van der Waals surface area contributed by atoms with E-state index >= 15 is 0 Å². The number of likely N-dealkylation sites (tertiary alicyclic amines) is 1. The molecule has 2 N–H and O–H groups in total. The quantitative estimate of drug-likeness (QED) is 0.872. The van der Waals surface area contributed by atoms with Crippen LogP contribution >= 0.6 is 0 Å². The summed E-state index contributed by atoms with van der Waals surface area (Å²) in [7, 11) is 0. The lowest BCUT2D eigenvalue weighted by molar-refractivity contribution is -0.928. The SMILES string of the molecule is O=C(C[NH+]1CCC[C@H]2CCCC[C@@H]21)NCc1ccccc1F. The van der Waals surface area contributed by atoms with Gasteiger partial charge in [-0.15, -0.1) is 0 Å². The number of piperidine rings is 1. The van der Waals surface area contributed by atoms with Gasteiger partial charge in [-0.25, -0.2) is 4.39 Å². The molecular weight excluding hydrogens is 279 g/mol. The summed E-state index contributed by atoms with van der Waals surface area (Å²) in [5, 5.41) is 2.88. The number of hydrogen-bond acceptors (Lipinski definition) is 1. The zero-order chi connectivity index (χ0) is 15.4. The summed E-state index contributed by atoms with van der Waals surface area (Å²) in [5.74, 6) is 0.613. The van der Waals surface area contributed by atoms with Gasteiger partial charge < -0.3 is 10.2 Å². The summed E-state index contributed by atoms with van der Waals surface area (Å²) in [5.41, 5.74) is 0.556. The predicted octanol–water partition coefficient (Wildman–Crippen LogP) is 1.68. The standard InChI is InChI=1S/C18H25FN2O/c19-16-9-3-1-7-15(16)12-20-18(22)13-21-11-5-8-14-6-2-4-10-17(14)21/h1,3,7,9,14,17H,2,4-6,8,10-13H2,(H,20,22)/p+1/t14-,17+/m1/s1. The van der Waals surface area contributed by atoms with Crippen LogP contribution in [0.4, 0.5) is 4.39 Å². The van der Waals surface area contributed by atoms with Crippen LogP contribution in [0, 0.1) is 11.7 Å². The monoisotopic (exact) mass is 305 g/mol.